The van der Waals surface area contributed by atoms with E-state index in [0.29, 0.717) is 0 Å². The van der Waals surface area contributed by atoms with Crippen molar-refractivity contribution >= 4 is 5.82 Å². The Bertz CT molecular complexity index is 419. The maximum Gasteiger partial charge on any atom is 0.144 e. The molecule has 0 saturated carbocycles. The highest BCUT2D eigenvalue weighted by Gasteiger charge is 2.28. The van der Waals surface area contributed by atoms with Gasteiger partial charge in [0.2, 0.25) is 0 Å². The van der Waals surface area contributed by atoms with Crippen LogP contribution in [-0.4, -0.2) is 58.5 Å². The predicted molar refractivity (Wildman–Crippen MR) is 80.7 cm³/mol. The van der Waals surface area contributed by atoms with Crippen LogP contribution in [0, 0.1) is 0 Å². The lowest BCUT2D eigenvalue weighted by molar-refractivity contribution is 0.0451. The number of fused-ring (bicyclic) bond motifs is 1. The molecular weight excluding hydrogens is 250 g/mol. The molecule has 0 spiro atoms. The van der Waals surface area contributed by atoms with Crippen LogP contribution in [0.3, 0.4) is 0 Å². The van der Waals surface area contributed by atoms with Gasteiger partial charge in [-0.25, -0.2) is 4.98 Å². The first-order chi connectivity index (χ1) is 9.85. The van der Waals surface area contributed by atoms with Crippen LogP contribution in [0.15, 0.2) is 12.4 Å². The van der Waals surface area contributed by atoms with Crippen LogP contribution in [0.5, 0.6) is 0 Å². The minimum atomic E-state index is 0.770. The van der Waals surface area contributed by atoms with Gasteiger partial charge in [-0.1, -0.05) is 6.42 Å². The van der Waals surface area contributed by atoms with Gasteiger partial charge in [-0.05, 0) is 26.3 Å². The highest BCUT2D eigenvalue weighted by Crippen LogP contribution is 2.21. The summed E-state index contributed by atoms with van der Waals surface area (Å²) in [6.45, 7) is 8.76. The van der Waals surface area contributed by atoms with Gasteiger partial charge >= 0.3 is 0 Å². The fraction of sp³-hybridized carbons (Fsp3) is 0.733. The van der Waals surface area contributed by atoms with Gasteiger partial charge in [0.15, 0.2) is 0 Å². The van der Waals surface area contributed by atoms with Crippen molar-refractivity contribution in [2.75, 3.05) is 38.0 Å². The Kier molecular flexibility index (Phi) is 4.47. The minimum Gasteiger partial charge on any atom is -0.369 e. The van der Waals surface area contributed by atoms with E-state index in [-0.39, 0.29) is 0 Å². The van der Waals surface area contributed by atoms with Crippen molar-refractivity contribution in [1.29, 1.82) is 0 Å². The van der Waals surface area contributed by atoms with E-state index in [2.05, 4.69) is 32.0 Å². The van der Waals surface area contributed by atoms with Gasteiger partial charge in [0.25, 0.3) is 0 Å². The molecule has 0 bridgehead atoms. The molecule has 0 aliphatic carbocycles. The van der Waals surface area contributed by atoms with Gasteiger partial charge in [-0.2, -0.15) is 0 Å². The van der Waals surface area contributed by atoms with Crippen LogP contribution in [-0.2, 0) is 6.54 Å². The van der Waals surface area contributed by atoms with Gasteiger partial charge in [0.05, 0.1) is 18.1 Å². The summed E-state index contributed by atoms with van der Waals surface area (Å²) < 4.78 is 0. The molecule has 0 radical (unpaired) electrons. The van der Waals surface area contributed by atoms with Crippen LogP contribution < -0.4 is 5.32 Å². The lowest BCUT2D eigenvalue weighted by Crippen LogP contribution is -2.54. The second-order valence-corrected chi connectivity index (χ2v) is 5.84. The predicted octanol–water partition coefficient (Wildman–Crippen LogP) is 1.58. The third-order valence-corrected chi connectivity index (χ3v) is 4.37. The van der Waals surface area contributed by atoms with Crippen molar-refractivity contribution < 1.29 is 0 Å². The molecule has 0 aromatic carbocycles. The Morgan fingerprint density at radius 2 is 2.15 bits per heavy atom. The van der Waals surface area contributed by atoms with Crippen molar-refractivity contribution in [3.8, 4) is 0 Å². The number of piperidine rings is 1. The number of aromatic nitrogens is 2. The van der Waals surface area contributed by atoms with E-state index in [1.807, 2.05) is 12.4 Å². The summed E-state index contributed by atoms with van der Waals surface area (Å²) in [6, 6.07) is 0.770. The molecule has 110 valence electrons. The molecule has 5 heteroatoms. The molecule has 1 N–H and O–H groups in total. The van der Waals surface area contributed by atoms with Crippen LogP contribution >= 0.6 is 0 Å². The molecule has 1 atom stereocenters. The molecule has 1 aromatic rings. The molecule has 3 rings (SSSR count). The second kappa shape index (κ2) is 6.50. The van der Waals surface area contributed by atoms with Crippen LogP contribution in [0.25, 0.3) is 0 Å². The van der Waals surface area contributed by atoms with E-state index >= 15 is 0 Å². The number of nitrogens with one attached hydrogen (secondary N) is 1. The molecule has 2 aliphatic heterocycles. The Morgan fingerprint density at radius 3 is 2.95 bits per heavy atom. The highest BCUT2D eigenvalue weighted by atomic mass is 15.3. The van der Waals surface area contributed by atoms with E-state index < -0.39 is 0 Å². The van der Waals surface area contributed by atoms with Crippen molar-refractivity contribution in [2.24, 2.45) is 0 Å². The summed E-state index contributed by atoms with van der Waals surface area (Å²) in [5, 5.41) is 3.18. The van der Waals surface area contributed by atoms with Gasteiger partial charge in [0.1, 0.15) is 5.82 Å². The third kappa shape index (κ3) is 3.27. The number of rotatable bonds is 4. The number of anilines is 1. The molecule has 5 nitrogen and oxygen atoms in total. The van der Waals surface area contributed by atoms with E-state index in [4.69, 9.17) is 0 Å². The average molecular weight is 275 g/mol. The van der Waals surface area contributed by atoms with Gasteiger partial charge in [-0.3, -0.25) is 14.8 Å². The molecule has 20 heavy (non-hydrogen) atoms. The van der Waals surface area contributed by atoms with Crippen LogP contribution in [0.4, 0.5) is 5.82 Å². The fourth-order valence-corrected chi connectivity index (χ4v) is 3.30. The number of hydrogen-bond donors (Lipinski definition) is 1. The first-order valence-corrected chi connectivity index (χ1v) is 7.86. The monoisotopic (exact) mass is 275 g/mol. The SMILES string of the molecule is CCNc1cnc(CN2CCN3CCCCC3C2)cn1. The topological polar surface area (TPSA) is 44.3 Å². The van der Waals surface area contributed by atoms with Crippen molar-refractivity contribution in [2.45, 2.75) is 38.8 Å². The summed E-state index contributed by atoms with van der Waals surface area (Å²) >= 11 is 0. The zero-order valence-corrected chi connectivity index (χ0v) is 12.4. The molecule has 2 aliphatic rings. The Labute approximate surface area is 121 Å². The summed E-state index contributed by atoms with van der Waals surface area (Å²) in [6.07, 6.45) is 7.89. The average Bonchev–Trinajstić information content (AvgIpc) is 2.49. The zero-order valence-electron chi connectivity index (χ0n) is 12.4. The Hall–Kier alpha value is -1.20. The van der Waals surface area contributed by atoms with E-state index in [1.165, 1.54) is 38.9 Å². The fourth-order valence-electron chi connectivity index (χ4n) is 3.30. The molecule has 1 unspecified atom stereocenters. The molecule has 3 heterocycles. The molecule has 2 saturated heterocycles. The number of piperazine rings is 1. The summed E-state index contributed by atoms with van der Waals surface area (Å²) in [4.78, 5) is 14.1. The van der Waals surface area contributed by atoms with Gasteiger partial charge in [-0.15, -0.1) is 0 Å². The van der Waals surface area contributed by atoms with Gasteiger partial charge in [0, 0.05) is 38.8 Å². The number of hydrogen-bond acceptors (Lipinski definition) is 5. The van der Waals surface area contributed by atoms with Crippen molar-refractivity contribution in [3.63, 3.8) is 0 Å². The highest BCUT2D eigenvalue weighted by molar-refractivity contribution is 5.30. The Morgan fingerprint density at radius 1 is 1.20 bits per heavy atom. The largest absolute Gasteiger partial charge is 0.369 e. The summed E-state index contributed by atoms with van der Waals surface area (Å²) in [5.74, 6) is 0.869. The van der Waals surface area contributed by atoms with E-state index in [0.717, 1.165) is 37.2 Å². The molecule has 1 aromatic heterocycles. The maximum atomic E-state index is 4.52. The molecule has 0 amide bonds. The first-order valence-electron chi connectivity index (χ1n) is 7.86. The third-order valence-electron chi connectivity index (χ3n) is 4.37. The standard InChI is InChI=1S/C15H25N5/c1-2-16-15-10-17-13(9-18-15)11-19-7-8-20-6-4-3-5-14(20)12-19/h9-10,14H,2-8,11-12H2,1H3,(H,16,18). The van der Waals surface area contributed by atoms with Crippen LogP contribution in [0.1, 0.15) is 31.9 Å². The first kappa shape index (κ1) is 13.8. The normalized spacial score (nSPS) is 24.4. The molecular formula is C15H25N5. The lowest BCUT2D eigenvalue weighted by atomic mass is 9.99. The maximum absolute atomic E-state index is 4.52. The second-order valence-electron chi connectivity index (χ2n) is 5.84. The number of nitrogens with zero attached hydrogens (tertiary/aromatic N) is 4. The van der Waals surface area contributed by atoms with Crippen molar-refractivity contribution in [1.82, 2.24) is 19.8 Å². The summed E-state index contributed by atoms with van der Waals surface area (Å²) in [5.41, 5.74) is 1.08. The molecule has 2 fully saturated rings. The zero-order chi connectivity index (χ0) is 13.8. The Balaban J connectivity index is 1.55. The van der Waals surface area contributed by atoms with Gasteiger partial charge < -0.3 is 5.32 Å². The quantitative estimate of drug-likeness (QED) is 0.904. The summed E-state index contributed by atoms with van der Waals surface area (Å²) in [7, 11) is 0. The van der Waals surface area contributed by atoms with E-state index in [9.17, 15) is 0 Å². The smallest absolute Gasteiger partial charge is 0.144 e. The minimum absolute atomic E-state index is 0.770. The van der Waals surface area contributed by atoms with E-state index in [1.54, 1.807) is 0 Å². The lowest BCUT2D eigenvalue weighted by Gasteiger charge is -2.43. The van der Waals surface area contributed by atoms with Crippen LogP contribution in [0.2, 0.25) is 0 Å². The van der Waals surface area contributed by atoms with Crippen molar-refractivity contribution in [3.05, 3.63) is 18.1 Å².